The first-order valence-corrected chi connectivity index (χ1v) is 5.63. The number of aromatic hydroxyl groups is 1. The molecule has 86 valence electrons. The number of phenols is 1. The number of ketones is 1. The van der Waals surface area contributed by atoms with Gasteiger partial charge in [0.15, 0.2) is 11.5 Å². The minimum Gasteiger partial charge on any atom is -0.505 e. The molecule has 0 aliphatic heterocycles. The first kappa shape index (κ1) is 12.0. The number of benzene rings is 2. The van der Waals surface area contributed by atoms with Crippen molar-refractivity contribution in [2.45, 2.75) is 0 Å². The predicted molar refractivity (Wildman–Crippen MR) is 68.0 cm³/mol. The molecule has 2 aromatic carbocycles. The van der Waals surface area contributed by atoms with E-state index in [-0.39, 0.29) is 21.6 Å². The van der Waals surface area contributed by atoms with Crippen LogP contribution in [0.5, 0.6) is 5.75 Å². The molecule has 0 fully saturated rings. The maximum atomic E-state index is 12.1. The lowest BCUT2D eigenvalue weighted by atomic mass is 10.0. The highest BCUT2D eigenvalue weighted by molar-refractivity contribution is 6.37. The van der Waals surface area contributed by atoms with E-state index in [1.807, 2.05) is 6.07 Å². The SMILES string of the molecule is O=C(c1ccccc1)c1cc(Cl)c(O)c(Cl)c1. The van der Waals surface area contributed by atoms with Gasteiger partial charge in [-0.2, -0.15) is 0 Å². The summed E-state index contributed by atoms with van der Waals surface area (Å²) in [4.78, 5) is 12.1. The number of phenolic OH excluding ortho intramolecular Hbond substituents is 1. The molecule has 2 rings (SSSR count). The Morgan fingerprint density at radius 2 is 1.47 bits per heavy atom. The molecule has 4 heteroatoms. The number of halogens is 2. The quantitative estimate of drug-likeness (QED) is 0.837. The van der Waals surface area contributed by atoms with Gasteiger partial charge in [-0.15, -0.1) is 0 Å². The van der Waals surface area contributed by atoms with Crippen molar-refractivity contribution < 1.29 is 9.90 Å². The summed E-state index contributed by atoms with van der Waals surface area (Å²) >= 11 is 11.5. The zero-order valence-corrected chi connectivity index (χ0v) is 10.2. The molecule has 1 N–H and O–H groups in total. The summed E-state index contributed by atoms with van der Waals surface area (Å²) < 4.78 is 0. The molecule has 0 saturated heterocycles. The van der Waals surface area contributed by atoms with Gasteiger partial charge in [-0.25, -0.2) is 0 Å². The van der Waals surface area contributed by atoms with Crippen LogP contribution < -0.4 is 0 Å². The third-order valence-corrected chi connectivity index (χ3v) is 2.89. The van der Waals surface area contributed by atoms with Crippen LogP contribution >= 0.6 is 23.2 Å². The second-order valence-electron chi connectivity index (χ2n) is 3.48. The van der Waals surface area contributed by atoms with Gasteiger partial charge < -0.3 is 5.11 Å². The first-order chi connectivity index (χ1) is 8.09. The highest BCUT2D eigenvalue weighted by Crippen LogP contribution is 2.33. The lowest BCUT2D eigenvalue weighted by molar-refractivity contribution is 0.103. The highest BCUT2D eigenvalue weighted by atomic mass is 35.5. The van der Waals surface area contributed by atoms with E-state index in [0.717, 1.165) is 0 Å². The summed E-state index contributed by atoms with van der Waals surface area (Å²) in [6.07, 6.45) is 0. The van der Waals surface area contributed by atoms with Crippen LogP contribution in [0.15, 0.2) is 42.5 Å². The lowest BCUT2D eigenvalue weighted by Gasteiger charge is -2.05. The Balaban J connectivity index is 2.45. The van der Waals surface area contributed by atoms with Crippen molar-refractivity contribution in [3.63, 3.8) is 0 Å². The molecule has 17 heavy (non-hydrogen) atoms. The summed E-state index contributed by atoms with van der Waals surface area (Å²) in [5.41, 5.74) is 0.898. The van der Waals surface area contributed by atoms with Crippen molar-refractivity contribution in [1.82, 2.24) is 0 Å². The van der Waals surface area contributed by atoms with Gasteiger partial charge in [-0.1, -0.05) is 53.5 Å². The summed E-state index contributed by atoms with van der Waals surface area (Å²) in [7, 11) is 0. The van der Waals surface area contributed by atoms with E-state index in [1.165, 1.54) is 12.1 Å². The molecule has 0 aliphatic rings. The monoisotopic (exact) mass is 266 g/mol. The summed E-state index contributed by atoms with van der Waals surface area (Å²) in [5.74, 6) is -0.396. The van der Waals surface area contributed by atoms with Crippen LogP contribution in [0, 0.1) is 0 Å². The Kier molecular flexibility index (Phi) is 3.36. The van der Waals surface area contributed by atoms with Gasteiger partial charge in [0.1, 0.15) is 0 Å². The van der Waals surface area contributed by atoms with Crippen LogP contribution in [-0.2, 0) is 0 Å². The van der Waals surface area contributed by atoms with E-state index < -0.39 is 0 Å². The molecule has 0 amide bonds. The smallest absolute Gasteiger partial charge is 0.193 e. The molecule has 0 unspecified atom stereocenters. The molecule has 0 aliphatic carbocycles. The maximum absolute atomic E-state index is 12.1. The fourth-order valence-electron chi connectivity index (χ4n) is 1.45. The summed E-state index contributed by atoms with van der Waals surface area (Å²) in [6, 6.07) is 11.6. The van der Waals surface area contributed by atoms with E-state index in [4.69, 9.17) is 23.2 Å². The first-order valence-electron chi connectivity index (χ1n) is 4.87. The molecule has 0 bridgehead atoms. The number of rotatable bonds is 2. The zero-order chi connectivity index (χ0) is 12.4. The molecule has 0 spiro atoms. The van der Waals surface area contributed by atoms with E-state index in [0.29, 0.717) is 11.1 Å². The van der Waals surface area contributed by atoms with Crippen LogP contribution in [0.3, 0.4) is 0 Å². The molecule has 2 nitrogen and oxygen atoms in total. The molecule has 0 radical (unpaired) electrons. The normalized spacial score (nSPS) is 10.2. The second-order valence-corrected chi connectivity index (χ2v) is 4.30. The van der Waals surface area contributed by atoms with E-state index in [2.05, 4.69) is 0 Å². The Morgan fingerprint density at radius 1 is 0.941 bits per heavy atom. The average Bonchev–Trinajstić information content (AvgIpc) is 2.35. The van der Waals surface area contributed by atoms with E-state index in [1.54, 1.807) is 24.3 Å². The van der Waals surface area contributed by atoms with Crippen LogP contribution in [0.2, 0.25) is 10.0 Å². The molecule has 0 heterocycles. The second kappa shape index (κ2) is 4.78. The number of carbonyl (C=O) groups is 1. The molecule has 0 atom stereocenters. The molecule has 2 aromatic rings. The predicted octanol–water partition coefficient (Wildman–Crippen LogP) is 3.93. The molecule has 0 aromatic heterocycles. The van der Waals surface area contributed by atoms with E-state index in [9.17, 15) is 9.90 Å². The zero-order valence-electron chi connectivity index (χ0n) is 8.65. The minimum absolute atomic E-state index is 0.0665. The Labute approximate surface area is 108 Å². The number of hydrogen-bond donors (Lipinski definition) is 1. The van der Waals surface area contributed by atoms with Gasteiger partial charge in [0, 0.05) is 11.1 Å². The van der Waals surface area contributed by atoms with Crippen LogP contribution in [0.25, 0.3) is 0 Å². The molecular formula is C13H8Cl2O2. The molecule has 0 saturated carbocycles. The Hall–Kier alpha value is -1.51. The fraction of sp³-hybridized carbons (Fsp3) is 0. The lowest BCUT2D eigenvalue weighted by Crippen LogP contribution is -2.00. The van der Waals surface area contributed by atoms with Gasteiger partial charge >= 0.3 is 0 Å². The number of carbonyl (C=O) groups excluding carboxylic acids is 1. The van der Waals surface area contributed by atoms with E-state index >= 15 is 0 Å². The van der Waals surface area contributed by atoms with Gasteiger partial charge in [0.05, 0.1) is 10.0 Å². The summed E-state index contributed by atoms with van der Waals surface area (Å²) in [5, 5.41) is 9.54. The fourth-order valence-corrected chi connectivity index (χ4v) is 1.94. The van der Waals surface area contributed by atoms with Crippen molar-refractivity contribution >= 4 is 29.0 Å². The largest absolute Gasteiger partial charge is 0.505 e. The average molecular weight is 267 g/mol. The maximum Gasteiger partial charge on any atom is 0.193 e. The third kappa shape index (κ3) is 2.43. The molecular weight excluding hydrogens is 259 g/mol. The van der Waals surface area contributed by atoms with Crippen molar-refractivity contribution in [1.29, 1.82) is 0 Å². The van der Waals surface area contributed by atoms with Gasteiger partial charge in [0.2, 0.25) is 0 Å². The topological polar surface area (TPSA) is 37.3 Å². The van der Waals surface area contributed by atoms with Gasteiger partial charge in [-0.05, 0) is 12.1 Å². The summed E-state index contributed by atoms with van der Waals surface area (Å²) in [6.45, 7) is 0. The van der Waals surface area contributed by atoms with Crippen molar-refractivity contribution in [2.75, 3.05) is 0 Å². The van der Waals surface area contributed by atoms with Crippen molar-refractivity contribution in [3.05, 3.63) is 63.6 Å². The van der Waals surface area contributed by atoms with Crippen LogP contribution in [-0.4, -0.2) is 10.9 Å². The third-order valence-electron chi connectivity index (χ3n) is 2.32. The Morgan fingerprint density at radius 3 is 2.00 bits per heavy atom. The van der Waals surface area contributed by atoms with Gasteiger partial charge in [-0.3, -0.25) is 4.79 Å². The van der Waals surface area contributed by atoms with Crippen LogP contribution in [0.4, 0.5) is 0 Å². The van der Waals surface area contributed by atoms with Gasteiger partial charge in [0.25, 0.3) is 0 Å². The standard InChI is InChI=1S/C13H8Cl2O2/c14-10-6-9(7-11(15)13(10)17)12(16)8-4-2-1-3-5-8/h1-7,17H. The van der Waals surface area contributed by atoms with Crippen LogP contribution in [0.1, 0.15) is 15.9 Å². The minimum atomic E-state index is -0.210. The Bertz CT molecular complexity index is 542. The highest BCUT2D eigenvalue weighted by Gasteiger charge is 2.13. The van der Waals surface area contributed by atoms with Crippen molar-refractivity contribution in [2.24, 2.45) is 0 Å². The number of hydrogen-bond acceptors (Lipinski definition) is 2. The van der Waals surface area contributed by atoms with Crippen molar-refractivity contribution in [3.8, 4) is 5.75 Å².